The molecule has 0 amide bonds. The lowest BCUT2D eigenvalue weighted by molar-refractivity contribution is 0.0872. The van der Waals surface area contributed by atoms with Crippen LogP contribution in [-0.4, -0.2) is 25.8 Å². The molecular weight excluding hydrogens is 236 g/mol. The number of hydrogen-bond donors (Lipinski definition) is 2. The third kappa shape index (κ3) is 4.03. The predicted octanol–water partition coefficient (Wildman–Crippen LogP) is 2.40. The molecule has 2 rings (SSSR count). The largest absolute Gasteiger partial charge is 0.378 e. The first kappa shape index (κ1) is 14.5. The molecule has 3 nitrogen and oxygen atoms in total. The van der Waals surface area contributed by atoms with E-state index in [1.54, 1.807) is 0 Å². The summed E-state index contributed by atoms with van der Waals surface area (Å²) in [7, 11) is 0. The second kappa shape index (κ2) is 7.04. The van der Waals surface area contributed by atoms with Gasteiger partial charge in [0.15, 0.2) is 0 Å². The maximum Gasteiger partial charge on any atom is 0.0613 e. The van der Waals surface area contributed by atoms with E-state index in [0.717, 1.165) is 26.1 Å². The molecule has 19 heavy (non-hydrogen) atoms. The van der Waals surface area contributed by atoms with Crippen molar-refractivity contribution in [3.05, 3.63) is 35.4 Å². The van der Waals surface area contributed by atoms with Crippen LogP contribution in [0, 0.1) is 12.8 Å². The molecule has 3 atom stereocenters. The summed E-state index contributed by atoms with van der Waals surface area (Å²) in [5.41, 5.74) is 8.68. The molecular formula is C16H26N2O. The van der Waals surface area contributed by atoms with E-state index in [-0.39, 0.29) is 6.04 Å². The highest BCUT2D eigenvalue weighted by molar-refractivity contribution is 5.24. The molecule has 1 fully saturated rings. The smallest absolute Gasteiger partial charge is 0.0613 e. The third-order valence-electron chi connectivity index (χ3n) is 4.03. The molecule has 3 heteroatoms. The number of nitrogens with two attached hydrogens (primary N) is 1. The average Bonchev–Trinajstić information content (AvgIpc) is 2.87. The third-order valence-corrected chi connectivity index (χ3v) is 4.03. The van der Waals surface area contributed by atoms with Crippen LogP contribution in [0.15, 0.2) is 24.3 Å². The van der Waals surface area contributed by atoms with Gasteiger partial charge in [0, 0.05) is 25.7 Å². The fourth-order valence-electron chi connectivity index (χ4n) is 2.73. The van der Waals surface area contributed by atoms with E-state index < -0.39 is 0 Å². The maximum atomic E-state index is 6.20. The topological polar surface area (TPSA) is 47.3 Å². The summed E-state index contributed by atoms with van der Waals surface area (Å²) >= 11 is 0. The summed E-state index contributed by atoms with van der Waals surface area (Å²) in [4.78, 5) is 0. The van der Waals surface area contributed by atoms with E-state index in [1.165, 1.54) is 17.5 Å². The summed E-state index contributed by atoms with van der Waals surface area (Å²) in [6.07, 6.45) is 2.71. The monoisotopic (exact) mass is 262 g/mol. The fraction of sp³-hybridized carbons (Fsp3) is 0.625. The van der Waals surface area contributed by atoms with Crippen molar-refractivity contribution in [2.75, 3.05) is 19.7 Å². The van der Waals surface area contributed by atoms with Crippen molar-refractivity contribution in [2.45, 2.75) is 38.8 Å². The van der Waals surface area contributed by atoms with Gasteiger partial charge in [-0.25, -0.2) is 0 Å². The lowest BCUT2D eigenvalue weighted by Gasteiger charge is -2.19. The molecule has 1 aliphatic heterocycles. The Labute approximate surface area is 116 Å². The van der Waals surface area contributed by atoms with Gasteiger partial charge in [-0.1, -0.05) is 36.8 Å². The molecule has 0 aromatic heterocycles. The highest BCUT2D eigenvalue weighted by Gasteiger charge is 2.26. The van der Waals surface area contributed by atoms with Gasteiger partial charge in [0.05, 0.1) is 6.10 Å². The lowest BCUT2D eigenvalue weighted by Crippen LogP contribution is -2.33. The van der Waals surface area contributed by atoms with Crippen molar-refractivity contribution in [1.29, 1.82) is 0 Å². The van der Waals surface area contributed by atoms with Crippen LogP contribution in [0.4, 0.5) is 0 Å². The Morgan fingerprint density at radius 1 is 1.37 bits per heavy atom. The summed E-state index contributed by atoms with van der Waals surface area (Å²) in [6.45, 7) is 7.04. The van der Waals surface area contributed by atoms with E-state index in [4.69, 9.17) is 10.5 Å². The normalized spacial score (nSPS) is 24.6. The van der Waals surface area contributed by atoms with Gasteiger partial charge in [-0.15, -0.1) is 0 Å². The zero-order chi connectivity index (χ0) is 13.7. The first-order valence-corrected chi connectivity index (χ1v) is 7.35. The number of aryl methyl sites for hydroxylation is 1. The maximum absolute atomic E-state index is 6.20. The molecule has 3 N–H and O–H groups in total. The summed E-state index contributed by atoms with van der Waals surface area (Å²) in [5.74, 6) is 0.648. The Kier molecular flexibility index (Phi) is 5.37. The van der Waals surface area contributed by atoms with Gasteiger partial charge in [-0.05, 0) is 31.2 Å². The van der Waals surface area contributed by atoms with Gasteiger partial charge in [0.2, 0.25) is 0 Å². The zero-order valence-corrected chi connectivity index (χ0v) is 12.1. The molecule has 1 aliphatic rings. The van der Waals surface area contributed by atoms with Crippen LogP contribution >= 0.6 is 0 Å². The quantitative estimate of drug-likeness (QED) is 0.827. The minimum atomic E-state index is 0.0722. The Morgan fingerprint density at radius 3 is 2.79 bits per heavy atom. The fourth-order valence-corrected chi connectivity index (χ4v) is 2.73. The molecule has 3 unspecified atom stereocenters. The molecule has 0 spiro atoms. The van der Waals surface area contributed by atoms with Gasteiger partial charge in [-0.2, -0.15) is 0 Å². The van der Waals surface area contributed by atoms with Crippen molar-refractivity contribution in [2.24, 2.45) is 11.7 Å². The van der Waals surface area contributed by atoms with Gasteiger partial charge in [-0.3, -0.25) is 0 Å². The molecule has 1 heterocycles. The molecule has 0 bridgehead atoms. The standard InChI is InChI=1S/C16H26N2O/c1-3-16-14(8-9-19-16)10-18-11-15(17)13-6-4-12(2)5-7-13/h4-7,14-16,18H,3,8-11,17H2,1-2H3. The minimum absolute atomic E-state index is 0.0722. The second-order valence-electron chi connectivity index (χ2n) is 5.54. The molecule has 106 valence electrons. The van der Waals surface area contributed by atoms with E-state index >= 15 is 0 Å². The molecule has 0 aliphatic carbocycles. The van der Waals surface area contributed by atoms with Crippen LogP contribution < -0.4 is 11.1 Å². The van der Waals surface area contributed by atoms with Gasteiger partial charge >= 0.3 is 0 Å². The van der Waals surface area contributed by atoms with Gasteiger partial charge < -0.3 is 15.8 Å². The Morgan fingerprint density at radius 2 is 2.11 bits per heavy atom. The van der Waals surface area contributed by atoms with Crippen LogP contribution in [0.2, 0.25) is 0 Å². The Bertz CT molecular complexity index is 377. The SMILES string of the molecule is CCC1OCCC1CNCC(N)c1ccc(C)cc1. The summed E-state index contributed by atoms with van der Waals surface area (Å²) in [5, 5.41) is 3.50. The molecule has 0 saturated carbocycles. The van der Waals surface area contributed by atoms with Crippen LogP contribution in [0.5, 0.6) is 0 Å². The van der Waals surface area contributed by atoms with Crippen molar-refractivity contribution < 1.29 is 4.74 Å². The number of ether oxygens (including phenoxy) is 1. The lowest BCUT2D eigenvalue weighted by atomic mass is 9.99. The van der Waals surface area contributed by atoms with Crippen molar-refractivity contribution in [3.63, 3.8) is 0 Å². The first-order valence-electron chi connectivity index (χ1n) is 7.35. The summed E-state index contributed by atoms with van der Waals surface area (Å²) in [6, 6.07) is 8.55. The van der Waals surface area contributed by atoms with Crippen LogP contribution in [0.3, 0.4) is 0 Å². The second-order valence-corrected chi connectivity index (χ2v) is 5.54. The Balaban J connectivity index is 1.74. The van der Waals surface area contributed by atoms with Gasteiger partial charge in [0.1, 0.15) is 0 Å². The van der Waals surface area contributed by atoms with Crippen molar-refractivity contribution in [3.8, 4) is 0 Å². The van der Waals surface area contributed by atoms with Gasteiger partial charge in [0.25, 0.3) is 0 Å². The zero-order valence-electron chi connectivity index (χ0n) is 12.1. The molecule has 1 saturated heterocycles. The van der Waals surface area contributed by atoms with Crippen LogP contribution in [-0.2, 0) is 4.74 Å². The van der Waals surface area contributed by atoms with E-state index in [0.29, 0.717) is 12.0 Å². The number of rotatable bonds is 6. The average molecular weight is 262 g/mol. The minimum Gasteiger partial charge on any atom is -0.378 e. The summed E-state index contributed by atoms with van der Waals surface area (Å²) < 4.78 is 5.70. The highest BCUT2D eigenvalue weighted by Crippen LogP contribution is 2.22. The van der Waals surface area contributed by atoms with Crippen molar-refractivity contribution in [1.82, 2.24) is 5.32 Å². The molecule has 1 aromatic rings. The predicted molar refractivity (Wildman–Crippen MR) is 79.1 cm³/mol. The Hall–Kier alpha value is -0.900. The number of benzene rings is 1. The number of nitrogens with one attached hydrogen (secondary N) is 1. The highest BCUT2D eigenvalue weighted by atomic mass is 16.5. The van der Waals surface area contributed by atoms with E-state index in [2.05, 4.69) is 43.4 Å². The van der Waals surface area contributed by atoms with Crippen LogP contribution in [0.1, 0.15) is 36.9 Å². The molecule has 0 radical (unpaired) electrons. The van der Waals surface area contributed by atoms with E-state index in [1.807, 2.05) is 0 Å². The first-order chi connectivity index (χ1) is 9.20. The molecule has 1 aromatic carbocycles. The van der Waals surface area contributed by atoms with E-state index in [9.17, 15) is 0 Å². The van der Waals surface area contributed by atoms with Crippen LogP contribution in [0.25, 0.3) is 0 Å². The van der Waals surface area contributed by atoms with Crippen molar-refractivity contribution >= 4 is 0 Å². The number of hydrogen-bond acceptors (Lipinski definition) is 3.